The first-order chi connectivity index (χ1) is 14.0. The van der Waals surface area contributed by atoms with Crippen molar-refractivity contribution >= 4 is 39.9 Å². The van der Waals surface area contributed by atoms with Crippen LogP contribution < -0.4 is 16.3 Å². The van der Waals surface area contributed by atoms with E-state index in [0.29, 0.717) is 16.8 Å². The SMILES string of the molecule is Cc1cc(NC(=S)NC(=O)c2ccco2)ccc1-c1cc2ccccc2oc1=O. The average Bonchev–Trinajstić information content (AvgIpc) is 3.23. The predicted molar refractivity (Wildman–Crippen MR) is 115 cm³/mol. The number of fused-ring (bicyclic) bond motifs is 1. The van der Waals surface area contributed by atoms with Crippen LogP contribution >= 0.6 is 12.2 Å². The molecule has 2 N–H and O–H groups in total. The van der Waals surface area contributed by atoms with Gasteiger partial charge in [0.25, 0.3) is 5.91 Å². The van der Waals surface area contributed by atoms with Crippen LogP contribution in [0.2, 0.25) is 0 Å². The van der Waals surface area contributed by atoms with Crippen LogP contribution in [0.1, 0.15) is 16.1 Å². The van der Waals surface area contributed by atoms with Gasteiger partial charge in [-0.05, 0) is 66.7 Å². The van der Waals surface area contributed by atoms with E-state index in [0.717, 1.165) is 16.5 Å². The number of thiocarbonyl (C=S) groups is 1. The second-order valence-corrected chi connectivity index (χ2v) is 6.81. The van der Waals surface area contributed by atoms with Gasteiger partial charge >= 0.3 is 5.63 Å². The number of para-hydroxylation sites is 1. The van der Waals surface area contributed by atoms with E-state index in [4.69, 9.17) is 21.1 Å². The molecule has 4 rings (SSSR count). The van der Waals surface area contributed by atoms with Crippen molar-refractivity contribution in [2.45, 2.75) is 6.92 Å². The van der Waals surface area contributed by atoms with Crippen LogP contribution in [-0.4, -0.2) is 11.0 Å². The highest BCUT2D eigenvalue weighted by molar-refractivity contribution is 7.80. The van der Waals surface area contributed by atoms with Gasteiger partial charge in [-0.3, -0.25) is 10.1 Å². The van der Waals surface area contributed by atoms with Gasteiger partial charge in [0.1, 0.15) is 5.58 Å². The summed E-state index contributed by atoms with van der Waals surface area (Å²) >= 11 is 5.18. The molecule has 144 valence electrons. The molecule has 2 heterocycles. The summed E-state index contributed by atoms with van der Waals surface area (Å²) in [6.45, 7) is 1.89. The zero-order chi connectivity index (χ0) is 20.4. The van der Waals surface area contributed by atoms with Gasteiger partial charge in [0, 0.05) is 11.1 Å². The zero-order valence-electron chi connectivity index (χ0n) is 15.4. The van der Waals surface area contributed by atoms with Gasteiger partial charge in [0.15, 0.2) is 10.9 Å². The summed E-state index contributed by atoms with van der Waals surface area (Å²) in [7, 11) is 0. The third-order valence-corrected chi connectivity index (χ3v) is 4.59. The van der Waals surface area contributed by atoms with Gasteiger partial charge in [-0.25, -0.2) is 4.79 Å². The lowest BCUT2D eigenvalue weighted by atomic mass is 10.0. The summed E-state index contributed by atoms with van der Waals surface area (Å²) in [5.74, 6) is -0.265. The standard InChI is InChI=1S/C22H16N2O4S/c1-13-11-15(23-22(29)24-20(25)19-7-4-10-27-19)8-9-16(13)17-12-14-5-2-3-6-18(14)28-21(17)26/h2-12H,1H3,(H2,23,24,25,29). The van der Waals surface area contributed by atoms with Gasteiger partial charge < -0.3 is 14.2 Å². The van der Waals surface area contributed by atoms with Crippen LogP contribution in [0.5, 0.6) is 0 Å². The molecule has 0 unspecified atom stereocenters. The number of aryl methyl sites for hydroxylation is 1. The Morgan fingerprint density at radius 3 is 2.59 bits per heavy atom. The molecule has 2 aromatic heterocycles. The fraction of sp³-hybridized carbons (Fsp3) is 0.0455. The third-order valence-electron chi connectivity index (χ3n) is 4.39. The van der Waals surface area contributed by atoms with E-state index < -0.39 is 11.5 Å². The fourth-order valence-corrected chi connectivity index (χ4v) is 3.24. The highest BCUT2D eigenvalue weighted by Gasteiger charge is 2.13. The summed E-state index contributed by atoms with van der Waals surface area (Å²) < 4.78 is 10.5. The molecule has 0 saturated carbocycles. The molecule has 0 saturated heterocycles. The highest BCUT2D eigenvalue weighted by Crippen LogP contribution is 2.26. The number of amides is 1. The largest absolute Gasteiger partial charge is 0.459 e. The number of rotatable bonds is 3. The molecule has 2 aromatic carbocycles. The van der Waals surface area contributed by atoms with Crippen LogP contribution in [-0.2, 0) is 0 Å². The van der Waals surface area contributed by atoms with Crippen molar-refractivity contribution in [3.8, 4) is 11.1 Å². The molecule has 29 heavy (non-hydrogen) atoms. The highest BCUT2D eigenvalue weighted by atomic mass is 32.1. The third kappa shape index (κ3) is 3.95. The summed E-state index contributed by atoms with van der Waals surface area (Å²) in [4.78, 5) is 24.4. The molecule has 4 aromatic rings. The maximum atomic E-state index is 12.4. The van der Waals surface area contributed by atoms with Gasteiger partial charge in [-0.2, -0.15) is 0 Å². The number of anilines is 1. The molecule has 0 aliphatic carbocycles. The smallest absolute Gasteiger partial charge is 0.344 e. The van der Waals surface area contributed by atoms with Gasteiger partial charge in [0.2, 0.25) is 0 Å². The minimum Gasteiger partial charge on any atom is -0.459 e. The second-order valence-electron chi connectivity index (χ2n) is 6.40. The molecule has 0 atom stereocenters. The summed E-state index contributed by atoms with van der Waals surface area (Å²) in [6.07, 6.45) is 1.41. The molecule has 1 amide bonds. The van der Waals surface area contributed by atoms with E-state index in [9.17, 15) is 9.59 Å². The zero-order valence-corrected chi connectivity index (χ0v) is 16.2. The predicted octanol–water partition coefficient (Wildman–Crippen LogP) is 4.49. The Bertz CT molecular complexity index is 1280. The van der Waals surface area contributed by atoms with E-state index in [2.05, 4.69) is 10.6 Å². The van der Waals surface area contributed by atoms with Crippen molar-refractivity contribution in [1.29, 1.82) is 0 Å². The van der Waals surface area contributed by atoms with Gasteiger partial charge in [0.05, 0.1) is 11.8 Å². The van der Waals surface area contributed by atoms with Gasteiger partial charge in [-0.1, -0.05) is 24.3 Å². The summed E-state index contributed by atoms with van der Waals surface area (Å²) in [5, 5.41) is 6.50. The Balaban J connectivity index is 1.55. The molecule has 0 fully saturated rings. The first-order valence-corrected chi connectivity index (χ1v) is 9.22. The molecule has 0 radical (unpaired) electrons. The van der Waals surface area contributed by atoms with Crippen LogP contribution in [0.15, 0.2) is 80.6 Å². The Kier molecular flexibility index (Phi) is 4.97. The Hall–Kier alpha value is -3.71. The van der Waals surface area contributed by atoms with Crippen molar-refractivity contribution in [3.63, 3.8) is 0 Å². The van der Waals surface area contributed by atoms with Crippen LogP contribution in [0.4, 0.5) is 5.69 Å². The van der Waals surface area contributed by atoms with Crippen LogP contribution in [0.3, 0.4) is 0 Å². The number of hydrogen-bond acceptors (Lipinski definition) is 5. The number of carbonyl (C=O) groups is 1. The Morgan fingerprint density at radius 1 is 1.00 bits per heavy atom. The van der Waals surface area contributed by atoms with E-state index in [-0.39, 0.29) is 10.9 Å². The molecular weight excluding hydrogens is 388 g/mol. The minimum atomic E-state index is -0.436. The van der Waals surface area contributed by atoms with Crippen LogP contribution in [0.25, 0.3) is 22.1 Å². The summed E-state index contributed by atoms with van der Waals surface area (Å²) in [5.41, 5.74) is 2.95. The van der Waals surface area contributed by atoms with Crippen molar-refractivity contribution < 1.29 is 13.6 Å². The average molecular weight is 404 g/mol. The topological polar surface area (TPSA) is 84.5 Å². The minimum absolute atomic E-state index is 0.142. The first kappa shape index (κ1) is 18.6. The fourth-order valence-electron chi connectivity index (χ4n) is 3.03. The van der Waals surface area contributed by atoms with E-state index in [1.807, 2.05) is 43.3 Å². The van der Waals surface area contributed by atoms with Crippen molar-refractivity contribution in [3.05, 3.63) is 88.7 Å². The number of nitrogens with one attached hydrogen (secondary N) is 2. The molecular formula is C22H16N2O4S. The first-order valence-electron chi connectivity index (χ1n) is 8.81. The lowest BCUT2D eigenvalue weighted by molar-refractivity contribution is 0.0950. The molecule has 0 spiro atoms. The maximum Gasteiger partial charge on any atom is 0.344 e. The van der Waals surface area contributed by atoms with Crippen molar-refractivity contribution in [2.75, 3.05) is 5.32 Å². The normalized spacial score (nSPS) is 10.7. The van der Waals surface area contributed by atoms with E-state index in [1.54, 1.807) is 24.3 Å². The quantitative estimate of drug-likeness (QED) is 0.387. The van der Waals surface area contributed by atoms with Crippen molar-refractivity contribution in [1.82, 2.24) is 5.32 Å². The van der Waals surface area contributed by atoms with Gasteiger partial charge in [-0.15, -0.1) is 0 Å². The van der Waals surface area contributed by atoms with E-state index >= 15 is 0 Å². The van der Waals surface area contributed by atoms with Crippen molar-refractivity contribution in [2.24, 2.45) is 0 Å². The molecule has 0 bridgehead atoms. The lowest BCUT2D eigenvalue weighted by Gasteiger charge is -2.12. The number of furan rings is 1. The summed E-state index contributed by atoms with van der Waals surface area (Å²) in [6, 6.07) is 17.8. The molecule has 0 aliphatic rings. The Morgan fingerprint density at radius 2 is 1.83 bits per heavy atom. The van der Waals surface area contributed by atoms with Crippen LogP contribution in [0, 0.1) is 6.92 Å². The number of benzene rings is 2. The number of carbonyl (C=O) groups excluding carboxylic acids is 1. The maximum absolute atomic E-state index is 12.4. The molecule has 6 nitrogen and oxygen atoms in total. The Labute approximate surface area is 171 Å². The second kappa shape index (κ2) is 7.73. The molecule has 7 heteroatoms. The number of hydrogen-bond donors (Lipinski definition) is 2. The molecule has 0 aliphatic heterocycles. The monoisotopic (exact) mass is 404 g/mol. The van der Waals surface area contributed by atoms with E-state index in [1.165, 1.54) is 6.26 Å². The lowest BCUT2D eigenvalue weighted by Crippen LogP contribution is -2.33.